The smallest absolute Gasteiger partial charge is 0.306 e. The lowest BCUT2D eigenvalue weighted by Gasteiger charge is -2.24. The van der Waals surface area contributed by atoms with Crippen molar-refractivity contribution in [3.05, 3.63) is 29.3 Å². The van der Waals surface area contributed by atoms with E-state index in [1.165, 1.54) is 5.56 Å². The van der Waals surface area contributed by atoms with E-state index in [2.05, 4.69) is 12.2 Å². The Balaban J connectivity index is 2.29. The van der Waals surface area contributed by atoms with Crippen LogP contribution >= 0.6 is 0 Å². The molecule has 1 aliphatic rings. The monoisotopic (exact) mass is 206 g/mol. The van der Waals surface area contributed by atoms with Crippen molar-refractivity contribution in [1.82, 2.24) is 5.06 Å². The van der Waals surface area contributed by atoms with Gasteiger partial charge in [-0.05, 0) is 23.6 Å². The van der Waals surface area contributed by atoms with Crippen molar-refractivity contribution in [2.75, 3.05) is 5.32 Å². The molecule has 15 heavy (non-hydrogen) atoms. The van der Waals surface area contributed by atoms with Gasteiger partial charge in [-0.3, -0.25) is 5.21 Å². The first-order chi connectivity index (χ1) is 7.20. The molecule has 2 rings (SSSR count). The second-order valence-electron chi connectivity index (χ2n) is 3.73. The molecule has 0 radical (unpaired) electrons. The zero-order chi connectivity index (χ0) is 10.8. The van der Waals surface area contributed by atoms with Crippen LogP contribution < -0.4 is 5.32 Å². The molecule has 0 fully saturated rings. The zero-order valence-electron chi connectivity index (χ0n) is 8.66. The summed E-state index contributed by atoms with van der Waals surface area (Å²) in [5.74, 6) is 0. The van der Waals surface area contributed by atoms with Crippen LogP contribution in [0.15, 0.2) is 18.2 Å². The first-order valence-corrected chi connectivity index (χ1v) is 5.10. The van der Waals surface area contributed by atoms with Crippen LogP contribution in [0.2, 0.25) is 0 Å². The van der Waals surface area contributed by atoms with Crippen molar-refractivity contribution in [2.24, 2.45) is 0 Å². The normalized spacial score (nSPS) is 14.8. The third kappa shape index (κ3) is 1.94. The van der Waals surface area contributed by atoms with Crippen LogP contribution in [-0.2, 0) is 13.0 Å². The van der Waals surface area contributed by atoms with E-state index < -0.39 is 6.03 Å². The standard InChI is InChI=1S/C11H14N2O2/c1-2-3-8-4-5-10-9(6-8)7-13(15)11(14)12-10/h4-6,15H,2-3,7H2,1H3,(H,12,14). The Morgan fingerprint density at radius 2 is 2.33 bits per heavy atom. The number of nitrogens with zero attached hydrogens (tertiary/aromatic N) is 1. The second-order valence-corrected chi connectivity index (χ2v) is 3.73. The summed E-state index contributed by atoms with van der Waals surface area (Å²) in [4.78, 5) is 11.1. The fourth-order valence-corrected chi connectivity index (χ4v) is 1.76. The Hall–Kier alpha value is -1.55. The van der Waals surface area contributed by atoms with Crippen molar-refractivity contribution < 1.29 is 10.0 Å². The molecule has 1 aromatic rings. The van der Waals surface area contributed by atoms with Gasteiger partial charge in [0.2, 0.25) is 0 Å². The number of nitrogens with one attached hydrogen (secondary N) is 1. The van der Waals surface area contributed by atoms with Crippen LogP contribution in [0.4, 0.5) is 10.5 Å². The minimum atomic E-state index is -0.467. The van der Waals surface area contributed by atoms with Gasteiger partial charge in [-0.2, -0.15) is 0 Å². The zero-order valence-corrected chi connectivity index (χ0v) is 8.66. The first-order valence-electron chi connectivity index (χ1n) is 5.10. The second kappa shape index (κ2) is 3.90. The summed E-state index contributed by atoms with van der Waals surface area (Å²) in [6, 6.07) is 5.47. The van der Waals surface area contributed by atoms with Gasteiger partial charge in [-0.25, -0.2) is 9.86 Å². The fourth-order valence-electron chi connectivity index (χ4n) is 1.76. The van der Waals surface area contributed by atoms with Crippen LogP contribution in [-0.4, -0.2) is 16.3 Å². The van der Waals surface area contributed by atoms with E-state index in [9.17, 15) is 10.0 Å². The number of benzene rings is 1. The lowest BCUT2D eigenvalue weighted by atomic mass is 10.0. The average molecular weight is 206 g/mol. The highest BCUT2D eigenvalue weighted by molar-refractivity contribution is 5.91. The van der Waals surface area contributed by atoms with Crippen molar-refractivity contribution in [3.63, 3.8) is 0 Å². The third-order valence-electron chi connectivity index (χ3n) is 2.50. The summed E-state index contributed by atoms with van der Waals surface area (Å²) in [5.41, 5.74) is 2.99. The molecular formula is C11H14N2O2. The molecule has 4 heteroatoms. The van der Waals surface area contributed by atoms with Crippen molar-refractivity contribution in [3.8, 4) is 0 Å². The molecule has 1 heterocycles. The highest BCUT2D eigenvalue weighted by Gasteiger charge is 2.20. The summed E-state index contributed by atoms with van der Waals surface area (Å²) >= 11 is 0. The number of urea groups is 1. The average Bonchev–Trinajstić information content (AvgIpc) is 2.21. The summed E-state index contributed by atoms with van der Waals surface area (Å²) < 4.78 is 0. The van der Waals surface area contributed by atoms with E-state index in [0.717, 1.165) is 24.1 Å². The third-order valence-corrected chi connectivity index (χ3v) is 2.50. The fraction of sp³-hybridized carbons (Fsp3) is 0.364. The maximum absolute atomic E-state index is 11.1. The van der Waals surface area contributed by atoms with E-state index in [1.54, 1.807) is 0 Å². The molecule has 1 aliphatic heterocycles. The van der Waals surface area contributed by atoms with E-state index in [-0.39, 0.29) is 6.54 Å². The lowest BCUT2D eigenvalue weighted by molar-refractivity contribution is -0.0469. The summed E-state index contributed by atoms with van der Waals surface area (Å²) in [6.45, 7) is 2.39. The number of carbonyl (C=O) groups excluding carboxylic acids is 1. The van der Waals surface area contributed by atoms with Crippen molar-refractivity contribution >= 4 is 11.7 Å². The Morgan fingerprint density at radius 3 is 3.07 bits per heavy atom. The summed E-state index contributed by atoms with van der Waals surface area (Å²) in [6.07, 6.45) is 2.11. The maximum Gasteiger partial charge on any atom is 0.345 e. The van der Waals surface area contributed by atoms with Crippen LogP contribution in [0, 0.1) is 0 Å². The van der Waals surface area contributed by atoms with E-state index in [1.807, 2.05) is 18.2 Å². The molecule has 0 unspecified atom stereocenters. The highest BCUT2D eigenvalue weighted by atomic mass is 16.5. The molecular weight excluding hydrogens is 192 g/mol. The van der Waals surface area contributed by atoms with Crippen LogP contribution in [0.25, 0.3) is 0 Å². The largest absolute Gasteiger partial charge is 0.345 e. The molecule has 0 bridgehead atoms. The van der Waals surface area contributed by atoms with Crippen molar-refractivity contribution in [2.45, 2.75) is 26.3 Å². The molecule has 1 aromatic carbocycles. The molecule has 0 spiro atoms. The number of hydroxylamine groups is 2. The number of amides is 2. The van der Waals surface area contributed by atoms with Gasteiger partial charge in [0.1, 0.15) is 0 Å². The number of anilines is 1. The number of fused-ring (bicyclic) bond motifs is 1. The first kappa shape index (κ1) is 9.98. The van der Waals surface area contributed by atoms with Gasteiger partial charge in [0, 0.05) is 5.69 Å². The SMILES string of the molecule is CCCc1ccc2c(c1)CN(O)C(=O)N2. The van der Waals surface area contributed by atoms with Gasteiger partial charge in [0.15, 0.2) is 0 Å². The minimum Gasteiger partial charge on any atom is -0.306 e. The summed E-state index contributed by atoms with van der Waals surface area (Å²) in [7, 11) is 0. The number of carbonyl (C=O) groups is 1. The predicted molar refractivity (Wildman–Crippen MR) is 56.8 cm³/mol. The number of rotatable bonds is 2. The molecule has 0 aromatic heterocycles. The van der Waals surface area contributed by atoms with Crippen LogP contribution in [0.5, 0.6) is 0 Å². The van der Waals surface area contributed by atoms with Crippen molar-refractivity contribution in [1.29, 1.82) is 0 Å². The molecule has 0 saturated heterocycles. The van der Waals surface area contributed by atoms with Gasteiger partial charge in [-0.1, -0.05) is 25.5 Å². The molecule has 4 nitrogen and oxygen atoms in total. The molecule has 2 amide bonds. The van der Waals surface area contributed by atoms with Crippen LogP contribution in [0.3, 0.4) is 0 Å². The quantitative estimate of drug-likeness (QED) is 0.730. The molecule has 0 aliphatic carbocycles. The number of hydrogen-bond donors (Lipinski definition) is 2. The Kier molecular flexibility index (Phi) is 2.60. The molecule has 0 saturated carbocycles. The molecule has 0 atom stereocenters. The molecule has 80 valence electrons. The Bertz CT molecular complexity index is 390. The van der Waals surface area contributed by atoms with Crippen LogP contribution in [0.1, 0.15) is 24.5 Å². The predicted octanol–water partition coefficient (Wildman–Crippen LogP) is 2.38. The lowest BCUT2D eigenvalue weighted by Crippen LogP contribution is -2.35. The van der Waals surface area contributed by atoms with Gasteiger partial charge in [0.05, 0.1) is 6.54 Å². The summed E-state index contributed by atoms with van der Waals surface area (Å²) in [5, 5.41) is 12.6. The van der Waals surface area contributed by atoms with E-state index in [4.69, 9.17) is 0 Å². The van der Waals surface area contributed by atoms with E-state index >= 15 is 0 Å². The number of hydrogen-bond acceptors (Lipinski definition) is 2. The van der Waals surface area contributed by atoms with Gasteiger partial charge >= 0.3 is 6.03 Å². The highest BCUT2D eigenvalue weighted by Crippen LogP contribution is 2.23. The van der Waals surface area contributed by atoms with Gasteiger partial charge < -0.3 is 5.32 Å². The topological polar surface area (TPSA) is 52.6 Å². The van der Waals surface area contributed by atoms with Gasteiger partial charge in [0.25, 0.3) is 0 Å². The van der Waals surface area contributed by atoms with Gasteiger partial charge in [-0.15, -0.1) is 0 Å². The minimum absolute atomic E-state index is 0.263. The molecule has 2 N–H and O–H groups in total. The Labute approximate surface area is 88.5 Å². The maximum atomic E-state index is 11.1. The van der Waals surface area contributed by atoms with E-state index in [0.29, 0.717) is 5.06 Å². The Morgan fingerprint density at radius 1 is 1.53 bits per heavy atom. The number of aryl methyl sites for hydroxylation is 1.